The van der Waals surface area contributed by atoms with E-state index in [0.717, 1.165) is 19.3 Å². The first-order valence-corrected chi connectivity index (χ1v) is 7.85. The zero-order valence-corrected chi connectivity index (χ0v) is 11.8. The molecule has 3 rings (SSSR count). The van der Waals surface area contributed by atoms with Gasteiger partial charge in [0.2, 0.25) is 0 Å². The van der Waals surface area contributed by atoms with Crippen molar-refractivity contribution in [1.82, 2.24) is 5.32 Å². The molecule has 1 unspecified atom stereocenters. The summed E-state index contributed by atoms with van der Waals surface area (Å²) in [6.07, 6.45) is 11.5. The highest BCUT2D eigenvalue weighted by Gasteiger charge is 2.42. The average molecular weight is 277 g/mol. The Bertz CT molecular complexity index is 398. The molecule has 4 heteroatoms. The van der Waals surface area contributed by atoms with Gasteiger partial charge in [-0.25, -0.2) is 0 Å². The number of rotatable bonds is 6. The summed E-state index contributed by atoms with van der Waals surface area (Å²) in [5.74, 6) is 0.930. The number of hydrogen-bond acceptors (Lipinski definition) is 3. The summed E-state index contributed by atoms with van der Waals surface area (Å²) in [5.41, 5.74) is 0. The molecule has 2 fully saturated rings. The Balaban J connectivity index is 1.39. The molecule has 0 saturated heterocycles. The molecule has 1 N–H and O–H groups in total. The fourth-order valence-electron chi connectivity index (χ4n) is 3.02. The SMILES string of the molecule is O=C(COC(=O)C1CC=CCC1)NC(C1CC1)C1CC1. The summed E-state index contributed by atoms with van der Waals surface area (Å²) >= 11 is 0. The van der Waals surface area contributed by atoms with E-state index in [1.165, 1.54) is 25.7 Å². The van der Waals surface area contributed by atoms with Crippen LogP contribution in [0.15, 0.2) is 12.2 Å². The lowest BCUT2D eigenvalue weighted by Gasteiger charge is -2.19. The maximum atomic E-state index is 11.9. The van der Waals surface area contributed by atoms with Gasteiger partial charge in [0, 0.05) is 6.04 Å². The highest BCUT2D eigenvalue weighted by molar-refractivity contribution is 5.81. The summed E-state index contributed by atoms with van der Waals surface area (Å²) < 4.78 is 5.16. The third-order valence-corrected chi connectivity index (χ3v) is 4.54. The molecule has 0 aromatic carbocycles. The largest absolute Gasteiger partial charge is 0.455 e. The third kappa shape index (κ3) is 3.62. The average Bonchev–Trinajstić information content (AvgIpc) is 3.36. The molecule has 0 radical (unpaired) electrons. The van der Waals surface area contributed by atoms with Crippen LogP contribution >= 0.6 is 0 Å². The second-order valence-corrected chi connectivity index (χ2v) is 6.36. The smallest absolute Gasteiger partial charge is 0.309 e. The van der Waals surface area contributed by atoms with Crippen molar-refractivity contribution in [2.45, 2.75) is 51.0 Å². The van der Waals surface area contributed by atoms with Crippen LogP contribution < -0.4 is 5.32 Å². The van der Waals surface area contributed by atoms with Crippen LogP contribution in [0.1, 0.15) is 44.9 Å². The van der Waals surface area contributed by atoms with E-state index in [4.69, 9.17) is 4.74 Å². The standard InChI is InChI=1S/C16H23NO3/c18-14(17-15(11-6-7-11)12-8-9-12)10-20-16(19)13-4-2-1-3-5-13/h1-2,11-13,15H,3-10H2,(H,17,18). The monoisotopic (exact) mass is 277 g/mol. The van der Waals surface area contributed by atoms with E-state index in [1.807, 2.05) is 6.08 Å². The molecule has 2 saturated carbocycles. The lowest BCUT2D eigenvalue weighted by molar-refractivity contribution is -0.153. The fraction of sp³-hybridized carbons (Fsp3) is 0.750. The Morgan fingerprint density at radius 3 is 2.35 bits per heavy atom. The molecule has 110 valence electrons. The highest BCUT2D eigenvalue weighted by atomic mass is 16.5. The maximum Gasteiger partial charge on any atom is 0.309 e. The van der Waals surface area contributed by atoms with Crippen molar-refractivity contribution >= 4 is 11.9 Å². The van der Waals surface area contributed by atoms with Crippen molar-refractivity contribution in [3.8, 4) is 0 Å². The summed E-state index contributed by atoms with van der Waals surface area (Å²) in [6, 6.07) is 0.332. The number of allylic oxidation sites excluding steroid dienone is 2. The van der Waals surface area contributed by atoms with Crippen molar-refractivity contribution in [2.75, 3.05) is 6.61 Å². The number of amides is 1. The van der Waals surface area contributed by atoms with Crippen molar-refractivity contribution in [2.24, 2.45) is 17.8 Å². The molecule has 0 spiro atoms. The molecule has 3 aliphatic rings. The van der Waals surface area contributed by atoms with Crippen LogP contribution in [-0.4, -0.2) is 24.5 Å². The first-order chi connectivity index (χ1) is 9.74. The van der Waals surface area contributed by atoms with Gasteiger partial charge in [-0.2, -0.15) is 0 Å². The Kier molecular flexibility index (Phi) is 4.08. The molecule has 0 aliphatic heterocycles. The van der Waals surface area contributed by atoms with Crippen molar-refractivity contribution in [1.29, 1.82) is 0 Å². The van der Waals surface area contributed by atoms with E-state index in [1.54, 1.807) is 0 Å². The first-order valence-electron chi connectivity index (χ1n) is 7.85. The number of nitrogens with one attached hydrogen (secondary N) is 1. The molecule has 0 bridgehead atoms. The third-order valence-electron chi connectivity index (χ3n) is 4.54. The number of carbonyl (C=O) groups is 2. The van der Waals surface area contributed by atoms with E-state index >= 15 is 0 Å². The molecular weight excluding hydrogens is 254 g/mol. The summed E-state index contributed by atoms with van der Waals surface area (Å²) in [5, 5.41) is 3.07. The summed E-state index contributed by atoms with van der Waals surface area (Å²) in [6.45, 7) is -0.116. The van der Waals surface area contributed by atoms with Crippen LogP contribution in [0.25, 0.3) is 0 Å². The Morgan fingerprint density at radius 1 is 1.10 bits per heavy atom. The topological polar surface area (TPSA) is 55.4 Å². The predicted molar refractivity (Wildman–Crippen MR) is 74.8 cm³/mol. The second kappa shape index (κ2) is 5.98. The van der Waals surface area contributed by atoms with Crippen LogP contribution in [0.2, 0.25) is 0 Å². The number of ether oxygens (including phenoxy) is 1. The van der Waals surface area contributed by atoms with Crippen molar-refractivity contribution in [3.05, 3.63) is 12.2 Å². The van der Waals surface area contributed by atoms with Crippen LogP contribution in [0.4, 0.5) is 0 Å². The first kappa shape index (κ1) is 13.7. The summed E-state index contributed by atoms with van der Waals surface area (Å²) in [7, 11) is 0. The van der Waals surface area contributed by atoms with E-state index in [0.29, 0.717) is 17.9 Å². The van der Waals surface area contributed by atoms with Gasteiger partial charge in [-0.1, -0.05) is 12.2 Å². The quantitative estimate of drug-likeness (QED) is 0.598. The van der Waals surface area contributed by atoms with Crippen LogP contribution in [0, 0.1) is 17.8 Å². The molecule has 0 aromatic rings. The van der Waals surface area contributed by atoms with Crippen LogP contribution in [-0.2, 0) is 14.3 Å². The molecule has 3 aliphatic carbocycles. The molecule has 1 amide bonds. The fourth-order valence-corrected chi connectivity index (χ4v) is 3.02. The van der Waals surface area contributed by atoms with Crippen LogP contribution in [0.3, 0.4) is 0 Å². The van der Waals surface area contributed by atoms with Gasteiger partial charge in [-0.15, -0.1) is 0 Å². The molecule has 1 atom stereocenters. The van der Waals surface area contributed by atoms with Gasteiger partial charge in [-0.05, 0) is 56.8 Å². The van der Waals surface area contributed by atoms with Crippen molar-refractivity contribution in [3.63, 3.8) is 0 Å². The van der Waals surface area contributed by atoms with E-state index in [-0.39, 0.29) is 24.4 Å². The molecule has 0 aromatic heterocycles. The van der Waals surface area contributed by atoms with Gasteiger partial charge < -0.3 is 10.1 Å². The Labute approximate surface area is 119 Å². The van der Waals surface area contributed by atoms with E-state index in [2.05, 4.69) is 11.4 Å². The highest BCUT2D eigenvalue weighted by Crippen LogP contribution is 2.44. The van der Waals surface area contributed by atoms with Gasteiger partial charge in [0.05, 0.1) is 5.92 Å². The number of esters is 1. The molecule has 20 heavy (non-hydrogen) atoms. The maximum absolute atomic E-state index is 11.9. The van der Waals surface area contributed by atoms with Gasteiger partial charge >= 0.3 is 5.97 Å². The van der Waals surface area contributed by atoms with Gasteiger partial charge in [0.15, 0.2) is 6.61 Å². The zero-order chi connectivity index (χ0) is 13.9. The minimum Gasteiger partial charge on any atom is -0.455 e. The predicted octanol–water partition coefficient (Wildman–Crippen LogP) is 2.19. The van der Waals surface area contributed by atoms with Gasteiger partial charge in [0.1, 0.15) is 0 Å². The van der Waals surface area contributed by atoms with Gasteiger partial charge in [-0.3, -0.25) is 9.59 Å². The lowest BCUT2D eigenvalue weighted by atomic mass is 9.95. The Hall–Kier alpha value is -1.32. The molecule has 4 nitrogen and oxygen atoms in total. The number of carbonyl (C=O) groups excluding carboxylic acids is 2. The van der Waals surface area contributed by atoms with E-state index in [9.17, 15) is 9.59 Å². The normalized spacial score (nSPS) is 25.6. The second-order valence-electron chi connectivity index (χ2n) is 6.36. The Morgan fingerprint density at radius 2 is 1.80 bits per heavy atom. The van der Waals surface area contributed by atoms with Crippen molar-refractivity contribution < 1.29 is 14.3 Å². The number of hydrogen-bond donors (Lipinski definition) is 1. The minimum absolute atomic E-state index is 0.0598. The molecular formula is C16H23NO3. The van der Waals surface area contributed by atoms with Gasteiger partial charge in [0.25, 0.3) is 5.91 Å². The molecule has 0 heterocycles. The summed E-state index contributed by atoms with van der Waals surface area (Å²) in [4.78, 5) is 23.7. The zero-order valence-electron chi connectivity index (χ0n) is 11.8. The van der Waals surface area contributed by atoms with E-state index < -0.39 is 0 Å². The van der Waals surface area contributed by atoms with Crippen LogP contribution in [0.5, 0.6) is 0 Å². The lowest BCUT2D eigenvalue weighted by Crippen LogP contribution is -2.40. The minimum atomic E-state index is -0.223.